The Labute approximate surface area is 131 Å². The third-order valence-corrected chi connectivity index (χ3v) is 5.47. The van der Waals surface area contributed by atoms with Crippen molar-refractivity contribution in [3.8, 4) is 0 Å². The topological polar surface area (TPSA) is 101 Å². The van der Waals surface area contributed by atoms with Gasteiger partial charge in [0.2, 0.25) is 10.0 Å². The molecule has 7 nitrogen and oxygen atoms in total. The normalized spacial score (nSPS) is 16.6. The van der Waals surface area contributed by atoms with Crippen LogP contribution in [0.4, 0.5) is 11.4 Å². The van der Waals surface area contributed by atoms with Crippen molar-refractivity contribution in [3.63, 3.8) is 0 Å². The first kappa shape index (κ1) is 16.2. The van der Waals surface area contributed by atoms with Crippen molar-refractivity contribution in [2.45, 2.75) is 12.8 Å². The van der Waals surface area contributed by atoms with E-state index in [1.807, 2.05) is 0 Å². The number of nitrogens with zero attached hydrogens (tertiary/aromatic N) is 1. The molecule has 1 fully saturated rings. The van der Waals surface area contributed by atoms with Gasteiger partial charge in [-0.25, -0.2) is 8.42 Å². The number of piperidine rings is 1. The molecule has 0 aromatic heterocycles. The number of nitro groups is 1. The number of halogens is 1. The molecule has 0 aliphatic carbocycles. The average Bonchev–Trinajstić information content (AvgIpc) is 2.41. The molecule has 1 saturated heterocycles. The number of hydrogen-bond acceptors (Lipinski definition) is 5. The molecule has 1 heterocycles. The fourth-order valence-corrected chi connectivity index (χ4v) is 4.29. The van der Waals surface area contributed by atoms with Crippen molar-refractivity contribution >= 4 is 37.3 Å². The van der Waals surface area contributed by atoms with E-state index in [9.17, 15) is 18.5 Å². The predicted molar refractivity (Wildman–Crippen MR) is 83.8 cm³/mol. The van der Waals surface area contributed by atoms with Crippen molar-refractivity contribution in [3.05, 3.63) is 32.8 Å². The molecular formula is C12H16BrN3O4S. The van der Waals surface area contributed by atoms with Crippen LogP contribution in [0.1, 0.15) is 12.8 Å². The number of nitro benzene ring substituents is 1. The Balaban J connectivity index is 2.12. The van der Waals surface area contributed by atoms with Gasteiger partial charge in [0.1, 0.15) is 0 Å². The smallest absolute Gasteiger partial charge is 0.271 e. The minimum atomic E-state index is -3.53. The van der Waals surface area contributed by atoms with Gasteiger partial charge in [0.15, 0.2) is 0 Å². The summed E-state index contributed by atoms with van der Waals surface area (Å²) in [7, 11) is -3.53. The Hall–Kier alpha value is -1.19. The predicted octanol–water partition coefficient (Wildman–Crippen LogP) is 2.10. The fraction of sp³-hybridized carbons (Fsp3) is 0.500. The zero-order valence-corrected chi connectivity index (χ0v) is 13.6. The van der Waals surface area contributed by atoms with Gasteiger partial charge in [-0.15, -0.1) is 0 Å². The van der Waals surface area contributed by atoms with E-state index in [0.717, 1.165) is 25.9 Å². The second-order valence-electron chi connectivity index (χ2n) is 5.00. The maximum absolute atomic E-state index is 12.2. The molecule has 2 N–H and O–H groups in total. The van der Waals surface area contributed by atoms with Crippen molar-refractivity contribution in [2.24, 2.45) is 5.92 Å². The van der Waals surface area contributed by atoms with Crippen LogP contribution in [0.25, 0.3) is 0 Å². The maximum Gasteiger partial charge on any atom is 0.271 e. The SMILES string of the molecule is O=[N+]([O-])c1ccc(Br)c(NS(=O)(=O)CC2CCNCC2)c1. The van der Waals surface area contributed by atoms with Gasteiger partial charge in [-0.3, -0.25) is 14.8 Å². The van der Waals surface area contributed by atoms with E-state index in [2.05, 4.69) is 26.0 Å². The Morgan fingerprint density at radius 1 is 1.38 bits per heavy atom. The summed E-state index contributed by atoms with van der Waals surface area (Å²) in [5.74, 6) is 0.144. The quantitative estimate of drug-likeness (QED) is 0.604. The van der Waals surface area contributed by atoms with Crippen molar-refractivity contribution in [1.29, 1.82) is 0 Å². The van der Waals surface area contributed by atoms with Crippen LogP contribution < -0.4 is 10.0 Å². The monoisotopic (exact) mass is 377 g/mol. The Morgan fingerprint density at radius 3 is 2.67 bits per heavy atom. The lowest BCUT2D eigenvalue weighted by atomic mass is 10.0. The maximum atomic E-state index is 12.2. The first-order valence-corrected chi connectivity index (χ1v) is 8.97. The van der Waals surface area contributed by atoms with Crippen molar-refractivity contribution < 1.29 is 13.3 Å². The molecule has 0 spiro atoms. The molecule has 2 rings (SSSR count). The standard InChI is InChI=1S/C12H16BrN3O4S/c13-11-2-1-10(16(17)18)7-12(11)15-21(19,20)8-9-3-5-14-6-4-9/h1-2,7,9,14-15H,3-6,8H2. The average molecular weight is 378 g/mol. The van der Waals surface area contributed by atoms with Gasteiger partial charge < -0.3 is 5.32 Å². The number of hydrogen-bond donors (Lipinski definition) is 2. The second-order valence-corrected chi connectivity index (χ2v) is 7.62. The molecule has 0 radical (unpaired) electrons. The van der Waals surface area contributed by atoms with Gasteiger partial charge in [0.05, 0.1) is 16.4 Å². The molecule has 21 heavy (non-hydrogen) atoms. The minimum Gasteiger partial charge on any atom is -0.317 e. The number of benzene rings is 1. The Bertz CT molecular complexity index is 629. The lowest BCUT2D eigenvalue weighted by Crippen LogP contribution is -2.33. The lowest BCUT2D eigenvalue weighted by molar-refractivity contribution is -0.384. The molecule has 1 aromatic rings. The molecule has 0 unspecified atom stereocenters. The highest BCUT2D eigenvalue weighted by Gasteiger charge is 2.22. The summed E-state index contributed by atoms with van der Waals surface area (Å²) < 4.78 is 27.3. The number of non-ortho nitro benzene ring substituents is 1. The van der Waals surface area contributed by atoms with Gasteiger partial charge in [0, 0.05) is 16.6 Å². The zero-order chi connectivity index (χ0) is 15.5. The van der Waals surface area contributed by atoms with E-state index in [4.69, 9.17) is 0 Å². The Kier molecular flexibility index (Phi) is 5.17. The summed E-state index contributed by atoms with van der Waals surface area (Å²) in [5.41, 5.74) is 0.0379. The molecule has 0 atom stereocenters. The van der Waals surface area contributed by atoms with Crippen LogP contribution in [0, 0.1) is 16.0 Å². The highest BCUT2D eigenvalue weighted by Crippen LogP contribution is 2.28. The number of nitrogens with one attached hydrogen (secondary N) is 2. The lowest BCUT2D eigenvalue weighted by Gasteiger charge is -2.22. The van der Waals surface area contributed by atoms with Crippen LogP contribution in [-0.4, -0.2) is 32.2 Å². The number of anilines is 1. The zero-order valence-electron chi connectivity index (χ0n) is 11.2. The highest BCUT2D eigenvalue weighted by atomic mass is 79.9. The largest absolute Gasteiger partial charge is 0.317 e. The summed E-state index contributed by atoms with van der Waals surface area (Å²) in [6, 6.07) is 3.99. The molecule has 116 valence electrons. The van der Waals surface area contributed by atoms with E-state index in [0.29, 0.717) is 4.47 Å². The third-order valence-electron chi connectivity index (χ3n) is 3.34. The van der Waals surface area contributed by atoms with Crippen LogP contribution in [0.2, 0.25) is 0 Å². The number of rotatable bonds is 5. The van der Waals surface area contributed by atoms with E-state index in [1.165, 1.54) is 18.2 Å². The first-order valence-electron chi connectivity index (χ1n) is 6.52. The summed E-state index contributed by atoms with van der Waals surface area (Å²) >= 11 is 3.20. The van der Waals surface area contributed by atoms with Crippen molar-refractivity contribution in [2.75, 3.05) is 23.6 Å². The van der Waals surface area contributed by atoms with Gasteiger partial charge in [-0.1, -0.05) is 0 Å². The fourth-order valence-electron chi connectivity index (χ4n) is 2.27. The second kappa shape index (κ2) is 6.71. The summed E-state index contributed by atoms with van der Waals surface area (Å²) in [6.45, 7) is 1.64. The van der Waals surface area contributed by atoms with Crippen LogP contribution >= 0.6 is 15.9 Å². The van der Waals surface area contributed by atoms with Crippen LogP contribution in [0.3, 0.4) is 0 Å². The van der Waals surface area contributed by atoms with E-state index in [1.54, 1.807) is 0 Å². The van der Waals surface area contributed by atoms with Crippen LogP contribution in [0.5, 0.6) is 0 Å². The molecule has 0 saturated carbocycles. The molecule has 0 amide bonds. The van der Waals surface area contributed by atoms with Gasteiger partial charge in [0.25, 0.3) is 5.69 Å². The number of sulfonamides is 1. The molecule has 1 aromatic carbocycles. The highest BCUT2D eigenvalue weighted by molar-refractivity contribution is 9.10. The first-order chi connectivity index (χ1) is 9.87. The molecule has 1 aliphatic rings. The van der Waals surface area contributed by atoms with Gasteiger partial charge in [-0.05, 0) is 53.8 Å². The molecular weight excluding hydrogens is 362 g/mol. The summed E-state index contributed by atoms with van der Waals surface area (Å²) in [6.07, 6.45) is 1.63. The van der Waals surface area contributed by atoms with Gasteiger partial charge >= 0.3 is 0 Å². The minimum absolute atomic E-state index is 0.0316. The van der Waals surface area contributed by atoms with Crippen LogP contribution in [-0.2, 0) is 10.0 Å². The molecule has 1 aliphatic heterocycles. The third kappa shape index (κ3) is 4.65. The van der Waals surface area contributed by atoms with E-state index >= 15 is 0 Å². The van der Waals surface area contributed by atoms with Crippen molar-refractivity contribution in [1.82, 2.24) is 5.32 Å². The Morgan fingerprint density at radius 2 is 2.05 bits per heavy atom. The molecule has 9 heteroatoms. The molecule has 0 bridgehead atoms. The summed E-state index contributed by atoms with van der Waals surface area (Å²) in [4.78, 5) is 10.2. The summed E-state index contributed by atoms with van der Waals surface area (Å²) in [5, 5.41) is 13.9. The van der Waals surface area contributed by atoms with Crippen LogP contribution in [0.15, 0.2) is 22.7 Å². The van der Waals surface area contributed by atoms with Gasteiger partial charge in [-0.2, -0.15) is 0 Å². The van der Waals surface area contributed by atoms with E-state index in [-0.39, 0.29) is 23.0 Å². The van der Waals surface area contributed by atoms with E-state index < -0.39 is 14.9 Å².